The van der Waals surface area contributed by atoms with Gasteiger partial charge in [0.2, 0.25) is 0 Å². The number of rotatable bonds is 0. The molecule has 0 aromatic rings. The molecule has 0 aliphatic heterocycles. The van der Waals surface area contributed by atoms with Crippen LogP contribution in [0.2, 0.25) is 0 Å². The van der Waals surface area contributed by atoms with Crippen LogP contribution in [0.5, 0.6) is 0 Å². The summed E-state index contributed by atoms with van der Waals surface area (Å²) in [7, 11) is 0. The summed E-state index contributed by atoms with van der Waals surface area (Å²) in [5.41, 5.74) is 0. The van der Waals surface area contributed by atoms with E-state index in [-0.39, 0.29) is 3.34 Å². The van der Waals surface area contributed by atoms with E-state index in [9.17, 15) is 0 Å². The topological polar surface area (TPSA) is 0 Å². The molecular formula is CCl2Se. The van der Waals surface area contributed by atoms with E-state index in [1.165, 1.54) is 0 Å². The summed E-state index contributed by atoms with van der Waals surface area (Å²) in [6.07, 6.45) is 0. The average Bonchev–Trinajstić information content (AvgIpc) is 0.811. The summed E-state index contributed by atoms with van der Waals surface area (Å²) < 4.78 is 0.236. The van der Waals surface area contributed by atoms with Crippen LogP contribution in [0, 0.1) is 0 Å². The van der Waals surface area contributed by atoms with Gasteiger partial charge < -0.3 is 0 Å². The van der Waals surface area contributed by atoms with Crippen molar-refractivity contribution in [3.8, 4) is 0 Å². The maximum absolute atomic E-state index is 4.90. The number of halogens is 2. The Morgan fingerprint density at radius 3 is 1.50 bits per heavy atom. The van der Waals surface area contributed by atoms with Crippen LogP contribution in [0.25, 0.3) is 0 Å². The quantitative estimate of drug-likeness (QED) is 0.460. The zero-order valence-corrected chi connectivity index (χ0v) is 4.89. The van der Waals surface area contributed by atoms with E-state index < -0.39 is 0 Å². The molecule has 0 rings (SSSR count). The number of hydrogen-bond acceptors (Lipinski definition) is 0. The summed E-state index contributed by atoms with van der Waals surface area (Å²) in [5.74, 6) is 0. The van der Waals surface area contributed by atoms with Gasteiger partial charge in [0.25, 0.3) is 0 Å². The van der Waals surface area contributed by atoms with Crippen LogP contribution in [-0.4, -0.2) is 18.9 Å². The van der Waals surface area contributed by atoms with Crippen molar-refractivity contribution in [2.75, 3.05) is 0 Å². The number of hydrogen-bond donors (Lipinski definition) is 0. The summed E-state index contributed by atoms with van der Waals surface area (Å²) in [4.78, 5) is 0. The fourth-order valence-corrected chi connectivity index (χ4v) is 0. The van der Waals surface area contributed by atoms with Gasteiger partial charge in [0.05, 0.1) is 0 Å². The second-order valence-corrected chi connectivity index (χ2v) is 3.05. The molecule has 0 saturated carbocycles. The standard InChI is InChI=1S/CCl2Se/c2-1(3)4. The summed E-state index contributed by atoms with van der Waals surface area (Å²) in [5, 5.41) is 0. The van der Waals surface area contributed by atoms with Gasteiger partial charge in [-0.1, -0.05) is 0 Å². The summed E-state index contributed by atoms with van der Waals surface area (Å²) >= 11 is 12.2. The van der Waals surface area contributed by atoms with E-state index in [2.05, 4.69) is 15.6 Å². The van der Waals surface area contributed by atoms with Crippen molar-refractivity contribution in [2.45, 2.75) is 0 Å². The molecule has 0 aromatic carbocycles. The van der Waals surface area contributed by atoms with Crippen LogP contribution in [0.1, 0.15) is 0 Å². The van der Waals surface area contributed by atoms with Crippen molar-refractivity contribution in [3.05, 3.63) is 0 Å². The molecule has 0 unspecified atom stereocenters. The van der Waals surface area contributed by atoms with Gasteiger partial charge in [-0.25, -0.2) is 0 Å². The Morgan fingerprint density at radius 1 is 1.50 bits per heavy atom. The first-order valence-corrected chi connectivity index (χ1v) is 2.19. The third-order valence-electron chi connectivity index (χ3n) is 0. The molecule has 0 fully saturated rings. The fraction of sp³-hybridized carbons (Fsp3) is 0. The first kappa shape index (κ1) is 4.97. The zero-order valence-electron chi connectivity index (χ0n) is 1.66. The van der Waals surface area contributed by atoms with Crippen molar-refractivity contribution in [1.29, 1.82) is 0 Å². The van der Waals surface area contributed by atoms with Crippen molar-refractivity contribution in [2.24, 2.45) is 0 Å². The molecule has 0 saturated heterocycles. The molecule has 0 aromatic heterocycles. The van der Waals surface area contributed by atoms with Gasteiger partial charge in [0.1, 0.15) is 0 Å². The Hall–Kier alpha value is 0.969. The molecule has 0 N–H and O–H groups in total. The third kappa shape index (κ3) is 12.3. The van der Waals surface area contributed by atoms with E-state index in [0.717, 1.165) is 0 Å². The van der Waals surface area contributed by atoms with Crippen molar-refractivity contribution < 1.29 is 0 Å². The monoisotopic (exact) mass is 162 g/mol. The second kappa shape index (κ2) is 2.22. The van der Waals surface area contributed by atoms with Gasteiger partial charge >= 0.3 is 42.1 Å². The van der Waals surface area contributed by atoms with Gasteiger partial charge in [-0.15, -0.1) is 0 Å². The molecule has 0 bridgehead atoms. The average molecular weight is 162 g/mol. The molecule has 0 heterocycles. The Kier molecular flexibility index (Phi) is 2.76. The summed E-state index contributed by atoms with van der Waals surface area (Å²) in [6.45, 7) is 0. The van der Waals surface area contributed by atoms with Gasteiger partial charge in [-0.2, -0.15) is 0 Å². The Balaban J connectivity index is 2.80. The molecular weight excluding hydrogens is 162 g/mol. The predicted molar refractivity (Wildman–Crippen MR) is 22.5 cm³/mol. The molecule has 24 valence electrons. The Labute approximate surface area is 42.4 Å². The minimum absolute atomic E-state index is 0.236. The van der Waals surface area contributed by atoms with Crippen LogP contribution in [0.4, 0.5) is 0 Å². The second-order valence-electron chi connectivity index (χ2n) is 0.226. The van der Waals surface area contributed by atoms with Gasteiger partial charge in [0.15, 0.2) is 0 Å². The van der Waals surface area contributed by atoms with Crippen LogP contribution < -0.4 is 0 Å². The van der Waals surface area contributed by atoms with Crippen LogP contribution in [0.3, 0.4) is 0 Å². The Bertz CT molecular complexity index is 29.0. The van der Waals surface area contributed by atoms with Crippen LogP contribution in [0.15, 0.2) is 0 Å². The molecule has 0 aliphatic carbocycles. The van der Waals surface area contributed by atoms with Crippen LogP contribution in [-0.2, 0) is 0 Å². The predicted octanol–water partition coefficient (Wildman–Crippen LogP) is 0.720. The van der Waals surface area contributed by atoms with Crippen molar-refractivity contribution >= 4 is 42.1 Å². The van der Waals surface area contributed by atoms with E-state index in [1.807, 2.05) is 0 Å². The van der Waals surface area contributed by atoms with E-state index in [1.54, 1.807) is 0 Å². The Morgan fingerprint density at radius 2 is 1.50 bits per heavy atom. The molecule has 0 atom stereocenters. The molecule has 0 nitrogen and oxygen atoms in total. The SMILES string of the molecule is ClC(Cl)=[Se]. The molecule has 0 aliphatic rings. The van der Waals surface area contributed by atoms with Crippen LogP contribution >= 0.6 is 23.2 Å². The van der Waals surface area contributed by atoms with Crippen molar-refractivity contribution in [3.63, 3.8) is 0 Å². The fourth-order valence-electron chi connectivity index (χ4n) is 0. The molecule has 0 radical (unpaired) electrons. The molecule has 4 heavy (non-hydrogen) atoms. The first-order valence-electron chi connectivity index (χ1n) is 0.582. The van der Waals surface area contributed by atoms with Gasteiger partial charge in [-0.3, -0.25) is 0 Å². The summed E-state index contributed by atoms with van der Waals surface area (Å²) in [6, 6.07) is 0. The molecule has 3 heteroatoms. The maximum atomic E-state index is 4.90. The minimum atomic E-state index is 0.236. The zero-order chi connectivity index (χ0) is 3.58. The van der Waals surface area contributed by atoms with E-state index in [4.69, 9.17) is 23.2 Å². The van der Waals surface area contributed by atoms with E-state index in [0.29, 0.717) is 0 Å². The van der Waals surface area contributed by atoms with Crippen molar-refractivity contribution in [1.82, 2.24) is 0 Å². The normalized spacial score (nSPS) is 6.50. The van der Waals surface area contributed by atoms with E-state index >= 15 is 0 Å². The third-order valence-corrected chi connectivity index (χ3v) is 0. The van der Waals surface area contributed by atoms with Gasteiger partial charge in [-0.05, 0) is 0 Å². The molecule has 0 amide bonds. The van der Waals surface area contributed by atoms with Gasteiger partial charge in [0, 0.05) is 0 Å². The molecule has 0 spiro atoms. The first-order chi connectivity index (χ1) is 1.73.